The largest absolute Gasteiger partial charge is 0.482 e. The second kappa shape index (κ2) is 7.87. The summed E-state index contributed by atoms with van der Waals surface area (Å²) in [5.74, 6) is -1.29. The number of nitrogens with one attached hydrogen (secondary N) is 2. The van der Waals surface area contributed by atoms with Crippen molar-refractivity contribution in [2.45, 2.75) is 13.1 Å². The molecular formula is C17H16F4N2O2. The van der Waals surface area contributed by atoms with Crippen molar-refractivity contribution in [3.63, 3.8) is 0 Å². The van der Waals surface area contributed by atoms with Crippen LogP contribution < -0.4 is 15.4 Å². The van der Waals surface area contributed by atoms with E-state index in [2.05, 4.69) is 15.4 Å². The fraction of sp³-hybridized carbons (Fsp3) is 0.235. The average molecular weight is 356 g/mol. The molecule has 2 rings (SSSR count). The zero-order chi connectivity index (χ0) is 18.4. The van der Waals surface area contributed by atoms with Crippen molar-refractivity contribution in [3.05, 3.63) is 53.8 Å². The summed E-state index contributed by atoms with van der Waals surface area (Å²) in [6.45, 7) is 0.0432. The van der Waals surface area contributed by atoms with Gasteiger partial charge in [-0.15, -0.1) is 0 Å². The Morgan fingerprint density at radius 2 is 1.84 bits per heavy atom. The number of alkyl halides is 3. The number of para-hydroxylation sites is 1. The second-order valence-electron chi connectivity index (χ2n) is 5.26. The van der Waals surface area contributed by atoms with E-state index in [-0.39, 0.29) is 18.0 Å². The van der Waals surface area contributed by atoms with Crippen LogP contribution in [0, 0.1) is 12.7 Å². The van der Waals surface area contributed by atoms with E-state index in [1.807, 2.05) is 19.1 Å². The summed E-state index contributed by atoms with van der Waals surface area (Å²) in [5.41, 5.74) is 1.43. The van der Waals surface area contributed by atoms with Gasteiger partial charge < -0.3 is 15.4 Å². The third-order valence-corrected chi connectivity index (χ3v) is 3.19. The number of aryl methyl sites for hydroxylation is 1. The minimum atomic E-state index is -4.52. The summed E-state index contributed by atoms with van der Waals surface area (Å²) >= 11 is 0. The Labute approximate surface area is 141 Å². The predicted octanol–water partition coefficient (Wildman–Crippen LogP) is 4.13. The van der Waals surface area contributed by atoms with Crippen LogP contribution in [0.2, 0.25) is 0 Å². The maximum atomic E-state index is 13.3. The van der Waals surface area contributed by atoms with Crippen molar-refractivity contribution in [2.75, 3.05) is 23.8 Å². The van der Waals surface area contributed by atoms with Crippen molar-refractivity contribution >= 4 is 17.3 Å². The van der Waals surface area contributed by atoms with Gasteiger partial charge in [0.05, 0.1) is 12.2 Å². The molecule has 4 nitrogen and oxygen atoms in total. The Balaban J connectivity index is 2.00. The van der Waals surface area contributed by atoms with Crippen molar-refractivity contribution in [1.29, 1.82) is 0 Å². The number of halogens is 4. The van der Waals surface area contributed by atoms with Gasteiger partial charge in [0.2, 0.25) is 5.91 Å². The monoisotopic (exact) mass is 356 g/mol. The molecule has 0 bridgehead atoms. The third kappa shape index (κ3) is 5.98. The number of carbonyl (C=O) groups excluding carboxylic acids is 1. The molecule has 134 valence electrons. The molecule has 2 aromatic carbocycles. The van der Waals surface area contributed by atoms with Crippen LogP contribution in [0.3, 0.4) is 0 Å². The highest BCUT2D eigenvalue weighted by molar-refractivity contribution is 5.94. The van der Waals surface area contributed by atoms with E-state index in [0.717, 1.165) is 23.8 Å². The predicted molar refractivity (Wildman–Crippen MR) is 86.2 cm³/mol. The molecule has 0 heterocycles. The summed E-state index contributed by atoms with van der Waals surface area (Å²) in [4.78, 5) is 12.0. The highest BCUT2D eigenvalue weighted by Crippen LogP contribution is 2.27. The zero-order valence-corrected chi connectivity index (χ0v) is 13.3. The fourth-order valence-corrected chi connectivity index (χ4v) is 2.01. The van der Waals surface area contributed by atoms with Crippen LogP contribution in [0.4, 0.5) is 28.9 Å². The van der Waals surface area contributed by atoms with Gasteiger partial charge in [0.25, 0.3) is 0 Å². The maximum Gasteiger partial charge on any atom is 0.422 e. The molecular weight excluding hydrogens is 340 g/mol. The number of carbonyl (C=O) groups is 1. The molecule has 2 aromatic rings. The van der Waals surface area contributed by atoms with E-state index < -0.39 is 24.5 Å². The Bertz CT molecular complexity index is 748. The van der Waals surface area contributed by atoms with Crippen LogP contribution in [0.25, 0.3) is 0 Å². The molecule has 25 heavy (non-hydrogen) atoms. The standard InChI is InChI=1S/C17H16F4N2O2/c1-11-4-2-3-5-13(11)23-16(24)9-22-14-8-12(18)6-7-15(14)25-10-17(19,20)21/h2-8,22H,9-10H2,1H3,(H,23,24). The van der Waals surface area contributed by atoms with Gasteiger partial charge in [-0.05, 0) is 30.7 Å². The molecule has 0 aliphatic heterocycles. The second-order valence-corrected chi connectivity index (χ2v) is 5.26. The lowest BCUT2D eigenvalue weighted by atomic mass is 10.2. The maximum absolute atomic E-state index is 13.3. The summed E-state index contributed by atoms with van der Waals surface area (Å²) in [7, 11) is 0. The molecule has 0 radical (unpaired) electrons. The van der Waals surface area contributed by atoms with Crippen molar-refractivity contribution in [2.24, 2.45) is 0 Å². The van der Waals surface area contributed by atoms with Crippen LogP contribution in [-0.4, -0.2) is 25.2 Å². The van der Waals surface area contributed by atoms with Gasteiger partial charge in [0.15, 0.2) is 6.61 Å². The SMILES string of the molecule is Cc1ccccc1NC(=O)CNc1cc(F)ccc1OCC(F)(F)F. The van der Waals surface area contributed by atoms with Crippen LogP contribution in [0.1, 0.15) is 5.56 Å². The van der Waals surface area contributed by atoms with Gasteiger partial charge in [0, 0.05) is 11.8 Å². The highest BCUT2D eigenvalue weighted by atomic mass is 19.4. The molecule has 0 aliphatic carbocycles. The van der Waals surface area contributed by atoms with Gasteiger partial charge in [-0.2, -0.15) is 13.2 Å². The van der Waals surface area contributed by atoms with Gasteiger partial charge in [-0.3, -0.25) is 4.79 Å². The molecule has 0 spiro atoms. The summed E-state index contributed by atoms with van der Waals surface area (Å²) < 4.78 is 54.8. The minimum Gasteiger partial charge on any atom is -0.482 e. The molecule has 0 aliphatic rings. The van der Waals surface area contributed by atoms with E-state index in [4.69, 9.17) is 0 Å². The summed E-state index contributed by atoms with van der Waals surface area (Å²) in [6.07, 6.45) is -4.52. The van der Waals surface area contributed by atoms with Crippen molar-refractivity contribution in [1.82, 2.24) is 0 Å². The molecule has 0 atom stereocenters. The molecule has 1 amide bonds. The number of benzene rings is 2. The molecule has 0 unspecified atom stereocenters. The smallest absolute Gasteiger partial charge is 0.422 e. The van der Waals surface area contributed by atoms with Crippen LogP contribution >= 0.6 is 0 Å². The Morgan fingerprint density at radius 3 is 2.52 bits per heavy atom. The number of amides is 1. The number of hydrogen-bond donors (Lipinski definition) is 2. The minimum absolute atomic E-state index is 0.0378. The zero-order valence-electron chi connectivity index (χ0n) is 13.3. The molecule has 0 saturated carbocycles. The van der Waals surface area contributed by atoms with E-state index in [1.165, 1.54) is 0 Å². The van der Waals surface area contributed by atoms with Crippen LogP contribution in [-0.2, 0) is 4.79 Å². The first-order valence-corrected chi connectivity index (χ1v) is 7.33. The van der Waals surface area contributed by atoms with Crippen LogP contribution in [0.5, 0.6) is 5.75 Å². The fourth-order valence-electron chi connectivity index (χ4n) is 2.01. The Kier molecular flexibility index (Phi) is 5.84. The highest BCUT2D eigenvalue weighted by Gasteiger charge is 2.28. The summed E-state index contributed by atoms with van der Waals surface area (Å²) in [5, 5.41) is 5.24. The lowest BCUT2D eigenvalue weighted by molar-refractivity contribution is -0.153. The number of anilines is 2. The number of rotatable bonds is 6. The Hall–Kier alpha value is -2.77. The van der Waals surface area contributed by atoms with Gasteiger partial charge in [-0.25, -0.2) is 4.39 Å². The number of hydrogen-bond acceptors (Lipinski definition) is 3. The van der Waals surface area contributed by atoms with Gasteiger partial charge in [-0.1, -0.05) is 18.2 Å². The third-order valence-electron chi connectivity index (χ3n) is 3.19. The van der Waals surface area contributed by atoms with E-state index in [1.54, 1.807) is 12.1 Å². The van der Waals surface area contributed by atoms with Crippen LogP contribution in [0.15, 0.2) is 42.5 Å². The lowest BCUT2D eigenvalue weighted by Crippen LogP contribution is -2.23. The molecule has 0 saturated heterocycles. The first kappa shape index (κ1) is 18.6. The lowest BCUT2D eigenvalue weighted by Gasteiger charge is -2.15. The topological polar surface area (TPSA) is 50.4 Å². The average Bonchev–Trinajstić information content (AvgIpc) is 2.53. The number of ether oxygens (including phenoxy) is 1. The van der Waals surface area contributed by atoms with Crippen molar-refractivity contribution in [3.8, 4) is 5.75 Å². The molecule has 0 fully saturated rings. The van der Waals surface area contributed by atoms with Gasteiger partial charge >= 0.3 is 6.18 Å². The molecule has 8 heteroatoms. The summed E-state index contributed by atoms with van der Waals surface area (Å²) in [6, 6.07) is 10.1. The normalized spacial score (nSPS) is 11.1. The first-order valence-electron chi connectivity index (χ1n) is 7.33. The first-order chi connectivity index (χ1) is 11.7. The Morgan fingerprint density at radius 1 is 1.12 bits per heavy atom. The van der Waals surface area contributed by atoms with E-state index in [9.17, 15) is 22.4 Å². The van der Waals surface area contributed by atoms with Crippen molar-refractivity contribution < 1.29 is 27.1 Å². The molecule has 2 N–H and O–H groups in total. The van der Waals surface area contributed by atoms with E-state index in [0.29, 0.717) is 5.69 Å². The van der Waals surface area contributed by atoms with E-state index >= 15 is 0 Å². The van der Waals surface area contributed by atoms with Gasteiger partial charge in [0.1, 0.15) is 11.6 Å². The molecule has 0 aromatic heterocycles. The quantitative estimate of drug-likeness (QED) is 0.766.